The first-order valence-corrected chi connectivity index (χ1v) is 10.1. The van der Waals surface area contributed by atoms with E-state index >= 15 is 0 Å². The number of rotatable bonds is 10. The third kappa shape index (κ3) is 7.91. The van der Waals surface area contributed by atoms with Gasteiger partial charge in [-0.25, -0.2) is 0 Å². The standard InChI is InChI=1S/C19H29N3O3S/c1-13(2)10-15(21-17(23)12-26-4)19(25)22-16(18(24)20-3)11-14-8-6-5-7-9-14/h5-9,13,15-16H,10-12H2,1-4H3,(H,20,24)(H,21,23)(H,22,25)/t15-,16-/m0/s1. The molecule has 26 heavy (non-hydrogen) atoms. The molecule has 0 aromatic heterocycles. The van der Waals surface area contributed by atoms with Gasteiger partial charge in [0.05, 0.1) is 5.75 Å². The number of carbonyl (C=O) groups excluding carboxylic acids is 3. The lowest BCUT2D eigenvalue weighted by atomic mass is 10.0. The summed E-state index contributed by atoms with van der Waals surface area (Å²) in [6.45, 7) is 3.97. The van der Waals surface area contributed by atoms with Crippen molar-refractivity contribution >= 4 is 29.5 Å². The van der Waals surface area contributed by atoms with Crippen molar-refractivity contribution in [2.75, 3.05) is 19.1 Å². The topological polar surface area (TPSA) is 87.3 Å². The molecule has 7 heteroatoms. The Kier molecular flexibility index (Phi) is 9.80. The maximum absolute atomic E-state index is 12.7. The van der Waals surface area contributed by atoms with Crippen LogP contribution >= 0.6 is 11.8 Å². The van der Waals surface area contributed by atoms with Gasteiger partial charge in [0.15, 0.2) is 0 Å². The Hall–Kier alpha value is -2.02. The highest BCUT2D eigenvalue weighted by Crippen LogP contribution is 2.08. The van der Waals surface area contributed by atoms with Gasteiger partial charge in [-0.1, -0.05) is 44.2 Å². The van der Waals surface area contributed by atoms with E-state index < -0.39 is 12.1 Å². The van der Waals surface area contributed by atoms with E-state index in [9.17, 15) is 14.4 Å². The van der Waals surface area contributed by atoms with Gasteiger partial charge in [0.1, 0.15) is 12.1 Å². The van der Waals surface area contributed by atoms with Crippen LogP contribution in [0.15, 0.2) is 30.3 Å². The summed E-state index contributed by atoms with van der Waals surface area (Å²) >= 11 is 1.40. The number of thioether (sulfide) groups is 1. The number of carbonyl (C=O) groups is 3. The predicted octanol–water partition coefficient (Wildman–Crippen LogP) is 1.35. The van der Waals surface area contributed by atoms with Gasteiger partial charge in [0.2, 0.25) is 17.7 Å². The summed E-state index contributed by atoms with van der Waals surface area (Å²) in [6.07, 6.45) is 2.73. The van der Waals surface area contributed by atoms with E-state index in [4.69, 9.17) is 0 Å². The number of hydrogen-bond acceptors (Lipinski definition) is 4. The van der Waals surface area contributed by atoms with E-state index in [-0.39, 0.29) is 23.6 Å². The molecule has 1 rings (SSSR count). The highest BCUT2D eigenvalue weighted by atomic mass is 32.2. The molecule has 0 fully saturated rings. The van der Waals surface area contributed by atoms with Crippen molar-refractivity contribution in [1.29, 1.82) is 0 Å². The molecule has 0 saturated carbocycles. The molecule has 0 aliphatic heterocycles. The number of amides is 3. The zero-order valence-corrected chi connectivity index (χ0v) is 16.7. The first-order valence-electron chi connectivity index (χ1n) is 8.71. The molecule has 0 spiro atoms. The second kappa shape index (κ2) is 11.6. The van der Waals surface area contributed by atoms with E-state index in [0.29, 0.717) is 18.6 Å². The van der Waals surface area contributed by atoms with E-state index in [0.717, 1.165) is 5.56 Å². The largest absolute Gasteiger partial charge is 0.357 e. The molecule has 3 amide bonds. The summed E-state index contributed by atoms with van der Waals surface area (Å²) in [6, 6.07) is 8.16. The third-order valence-electron chi connectivity index (χ3n) is 3.80. The van der Waals surface area contributed by atoms with E-state index in [2.05, 4.69) is 16.0 Å². The second-order valence-corrected chi connectivity index (χ2v) is 7.41. The fourth-order valence-corrected chi connectivity index (χ4v) is 2.92. The van der Waals surface area contributed by atoms with Crippen molar-refractivity contribution in [2.24, 2.45) is 5.92 Å². The van der Waals surface area contributed by atoms with E-state index in [1.54, 1.807) is 7.05 Å². The Labute approximate surface area is 159 Å². The monoisotopic (exact) mass is 379 g/mol. The lowest BCUT2D eigenvalue weighted by Crippen LogP contribution is -2.54. The van der Waals surface area contributed by atoms with Gasteiger partial charge >= 0.3 is 0 Å². The second-order valence-electron chi connectivity index (χ2n) is 6.55. The number of hydrogen-bond donors (Lipinski definition) is 3. The minimum atomic E-state index is -0.693. The third-order valence-corrected chi connectivity index (χ3v) is 4.35. The van der Waals surface area contributed by atoms with Crippen LogP contribution in [0.2, 0.25) is 0 Å². The van der Waals surface area contributed by atoms with Gasteiger partial charge in [-0.15, -0.1) is 0 Å². The Bertz CT molecular complexity index is 593. The molecule has 1 aromatic rings. The van der Waals surface area contributed by atoms with Gasteiger partial charge in [-0.05, 0) is 24.2 Å². The summed E-state index contributed by atoms with van der Waals surface area (Å²) in [5.74, 6) is -0.255. The molecule has 6 nitrogen and oxygen atoms in total. The van der Waals surface area contributed by atoms with Crippen LogP contribution in [0.25, 0.3) is 0 Å². The molecule has 1 aromatic carbocycles. The number of nitrogens with one attached hydrogen (secondary N) is 3. The Morgan fingerprint density at radius 3 is 2.19 bits per heavy atom. The SMILES string of the molecule is CNC(=O)[C@H](Cc1ccccc1)NC(=O)[C@H](CC(C)C)NC(=O)CSC. The van der Waals surface area contributed by atoms with Crippen LogP contribution in [0.5, 0.6) is 0 Å². The van der Waals surface area contributed by atoms with Crippen molar-refractivity contribution in [3.05, 3.63) is 35.9 Å². The van der Waals surface area contributed by atoms with E-state index in [1.165, 1.54) is 11.8 Å². The molecule has 0 bridgehead atoms. The normalized spacial score (nSPS) is 13.0. The molecule has 3 N–H and O–H groups in total. The molecular formula is C19H29N3O3S. The zero-order valence-electron chi connectivity index (χ0n) is 15.9. The van der Waals surface area contributed by atoms with Crippen molar-refractivity contribution in [1.82, 2.24) is 16.0 Å². The smallest absolute Gasteiger partial charge is 0.243 e. The minimum Gasteiger partial charge on any atom is -0.357 e. The van der Waals surface area contributed by atoms with Gasteiger partial charge in [-0.3, -0.25) is 14.4 Å². The molecule has 2 atom stereocenters. The fraction of sp³-hybridized carbons (Fsp3) is 0.526. The first kappa shape index (κ1) is 22.0. The van der Waals surface area contributed by atoms with Crippen molar-refractivity contribution in [2.45, 2.75) is 38.8 Å². The summed E-state index contributed by atoms with van der Waals surface area (Å²) in [5.41, 5.74) is 0.952. The Morgan fingerprint density at radius 2 is 1.65 bits per heavy atom. The van der Waals surface area contributed by atoms with Crippen LogP contribution in [0.4, 0.5) is 0 Å². The predicted molar refractivity (Wildman–Crippen MR) is 106 cm³/mol. The molecule has 0 heterocycles. The van der Waals surface area contributed by atoms with Crippen LogP contribution in [0.3, 0.4) is 0 Å². The lowest BCUT2D eigenvalue weighted by Gasteiger charge is -2.24. The summed E-state index contributed by atoms with van der Waals surface area (Å²) in [7, 11) is 1.54. The maximum atomic E-state index is 12.7. The Morgan fingerprint density at radius 1 is 1.00 bits per heavy atom. The Balaban J connectivity index is 2.85. The van der Waals surface area contributed by atoms with Gasteiger partial charge in [0, 0.05) is 13.5 Å². The van der Waals surface area contributed by atoms with Crippen LogP contribution in [-0.4, -0.2) is 48.9 Å². The summed E-state index contributed by atoms with van der Waals surface area (Å²) in [4.78, 5) is 36.8. The molecule has 144 valence electrons. The van der Waals surface area contributed by atoms with Crippen LogP contribution in [-0.2, 0) is 20.8 Å². The van der Waals surface area contributed by atoms with Gasteiger partial charge < -0.3 is 16.0 Å². The molecular weight excluding hydrogens is 350 g/mol. The first-order chi connectivity index (χ1) is 12.4. The highest BCUT2D eigenvalue weighted by Gasteiger charge is 2.27. The maximum Gasteiger partial charge on any atom is 0.243 e. The van der Waals surface area contributed by atoms with Gasteiger partial charge in [-0.2, -0.15) is 11.8 Å². The van der Waals surface area contributed by atoms with Crippen molar-refractivity contribution in [3.63, 3.8) is 0 Å². The summed E-state index contributed by atoms with van der Waals surface area (Å²) < 4.78 is 0. The number of likely N-dealkylation sites (N-methyl/N-ethyl adjacent to an activating group) is 1. The van der Waals surface area contributed by atoms with Crippen molar-refractivity contribution in [3.8, 4) is 0 Å². The number of benzene rings is 1. The van der Waals surface area contributed by atoms with Crippen LogP contribution in [0, 0.1) is 5.92 Å². The van der Waals surface area contributed by atoms with Crippen LogP contribution in [0.1, 0.15) is 25.8 Å². The average Bonchev–Trinajstić information content (AvgIpc) is 2.60. The van der Waals surface area contributed by atoms with Crippen LogP contribution < -0.4 is 16.0 Å². The molecule has 0 unspecified atom stereocenters. The van der Waals surface area contributed by atoms with Gasteiger partial charge in [0.25, 0.3) is 0 Å². The van der Waals surface area contributed by atoms with Crippen molar-refractivity contribution < 1.29 is 14.4 Å². The highest BCUT2D eigenvalue weighted by molar-refractivity contribution is 7.99. The molecule has 0 aliphatic rings. The average molecular weight is 380 g/mol. The zero-order chi connectivity index (χ0) is 19.5. The molecule has 0 saturated heterocycles. The minimum absolute atomic E-state index is 0.183. The lowest BCUT2D eigenvalue weighted by molar-refractivity contribution is -0.131. The molecule has 0 radical (unpaired) electrons. The summed E-state index contributed by atoms with van der Waals surface area (Å²) in [5, 5.41) is 8.16. The fourth-order valence-electron chi connectivity index (χ4n) is 2.58. The molecule has 0 aliphatic carbocycles. The van der Waals surface area contributed by atoms with E-state index in [1.807, 2.05) is 50.4 Å². The quantitative estimate of drug-likeness (QED) is 0.573.